The predicted molar refractivity (Wildman–Crippen MR) is 74.5 cm³/mol. The van der Waals surface area contributed by atoms with Crippen molar-refractivity contribution in [1.82, 2.24) is 0 Å². The molecule has 5 heteroatoms. The van der Waals surface area contributed by atoms with Gasteiger partial charge in [-0.05, 0) is 30.9 Å². The number of thioether (sulfide) groups is 1. The number of halogens is 1. The number of anilines is 1. The van der Waals surface area contributed by atoms with Crippen molar-refractivity contribution in [3.8, 4) is 0 Å². The molecule has 1 aromatic rings. The van der Waals surface area contributed by atoms with Gasteiger partial charge < -0.3 is 10.4 Å². The predicted octanol–water partition coefficient (Wildman–Crippen LogP) is 3.59. The quantitative estimate of drug-likeness (QED) is 0.832. The zero-order chi connectivity index (χ0) is 12.8. The number of carbonyl (C=O) groups is 1. The molecule has 1 aromatic carbocycles. The molecule has 94 valence electrons. The molecule has 0 heterocycles. The van der Waals surface area contributed by atoms with Crippen LogP contribution >= 0.6 is 23.4 Å². The van der Waals surface area contributed by atoms with Gasteiger partial charge in [0, 0.05) is 17.5 Å². The Hall–Kier alpha value is -0.870. The maximum atomic E-state index is 10.8. The Morgan fingerprint density at radius 2 is 2.29 bits per heavy atom. The van der Waals surface area contributed by atoms with Gasteiger partial charge in [-0.1, -0.05) is 18.5 Å². The van der Waals surface area contributed by atoms with Crippen LogP contribution in [0.15, 0.2) is 18.2 Å². The monoisotopic (exact) mass is 273 g/mol. The van der Waals surface area contributed by atoms with E-state index in [0.29, 0.717) is 6.04 Å². The summed E-state index contributed by atoms with van der Waals surface area (Å²) < 4.78 is 0. The minimum absolute atomic E-state index is 0.132. The molecular weight excluding hydrogens is 258 g/mol. The van der Waals surface area contributed by atoms with Crippen LogP contribution in [-0.4, -0.2) is 28.6 Å². The van der Waals surface area contributed by atoms with Gasteiger partial charge in [0.25, 0.3) is 0 Å². The number of benzene rings is 1. The van der Waals surface area contributed by atoms with Gasteiger partial charge in [0.05, 0.1) is 10.6 Å². The summed E-state index contributed by atoms with van der Waals surface area (Å²) in [6, 6.07) is 5.24. The van der Waals surface area contributed by atoms with Crippen LogP contribution in [0.5, 0.6) is 0 Å². The standard InChI is InChI=1S/C12H16ClNO2S/c1-3-17-7-8(2)14-9-4-5-10(12(15)16)11(13)6-9/h4-6,8,14H,3,7H2,1-2H3,(H,15,16). The molecule has 0 aromatic heterocycles. The molecule has 0 amide bonds. The number of hydrogen-bond donors (Lipinski definition) is 2. The largest absolute Gasteiger partial charge is 0.478 e. The van der Waals surface area contributed by atoms with E-state index < -0.39 is 5.97 Å². The first-order valence-corrected chi connectivity index (χ1v) is 6.95. The van der Waals surface area contributed by atoms with Crippen LogP contribution in [0, 0.1) is 0 Å². The lowest BCUT2D eigenvalue weighted by molar-refractivity contribution is 0.0697. The molecule has 1 rings (SSSR count). The SMILES string of the molecule is CCSCC(C)Nc1ccc(C(=O)O)c(Cl)c1. The molecule has 0 aliphatic heterocycles. The summed E-state index contributed by atoms with van der Waals surface area (Å²) in [5.41, 5.74) is 0.983. The van der Waals surface area contributed by atoms with Gasteiger partial charge >= 0.3 is 5.97 Å². The van der Waals surface area contributed by atoms with Crippen molar-refractivity contribution in [3.05, 3.63) is 28.8 Å². The fourth-order valence-corrected chi connectivity index (χ4v) is 2.33. The molecule has 0 saturated heterocycles. The number of nitrogens with one attached hydrogen (secondary N) is 1. The molecule has 0 bridgehead atoms. The number of carboxylic acid groups (broad SMARTS) is 1. The van der Waals surface area contributed by atoms with Crippen molar-refractivity contribution in [3.63, 3.8) is 0 Å². The Morgan fingerprint density at radius 1 is 1.59 bits per heavy atom. The van der Waals surface area contributed by atoms with E-state index in [2.05, 4.69) is 19.2 Å². The highest BCUT2D eigenvalue weighted by Gasteiger charge is 2.09. The summed E-state index contributed by atoms with van der Waals surface area (Å²) >= 11 is 7.74. The normalized spacial score (nSPS) is 12.2. The Labute approximate surface area is 111 Å². The summed E-state index contributed by atoms with van der Waals surface area (Å²) in [5, 5.41) is 12.4. The van der Waals surface area contributed by atoms with E-state index in [1.165, 1.54) is 6.07 Å². The molecule has 0 radical (unpaired) electrons. The molecule has 0 fully saturated rings. The first-order chi connectivity index (χ1) is 8.04. The second-order valence-corrected chi connectivity index (χ2v) is 5.43. The van der Waals surface area contributed by atoms with E-state index in [4.69, 9.17) is 16.7 Å². The Balaban J connectivity index is 2.67. The fraction of sp³-hybridized carbons (Fsp3) is 0.417. The third-order valence-electron chi connectivity index (χ3n) is 2.18. The molecule has 0 aliphatic rings. The molecule has 0 spiro atoms. The van der Waals surface area contributed by atoms with Crippen LogP contribution in [0.2, 0.25) is 5.02 Å². The zero-order valence-electron chi connectivity index (χ0n) is 9.87. The molecule has 1 unspecified atom stereocenters. The molecule has 2 N–H and O–H groups in total. The lowest BCUT2D eigenvalue weighted by atomic mass is 10.2. The van der Waals surface area contributed by atoms with Crippen LogP contribution in [0.3, 0.4) is 0 Å². The van der Waals surface area contributed by atoms with Crippen molar-refractivity contribution in [2.45, 2.75) is 19.9 Å². The van der Waals surface area contributed by atoms with Crippen molar-refractivity contribution >= 4 is 35.0 Å². The van der Waals surface area contributed by atoms with Gasteiger partial charge in [0.15, 0.2) is 0 Å². The van der Waals surface area contributed by atoms with E-state index >= 15 is 0 Å². The molecule has 0 saturated carbocycles. The highest BCUT2D eigenvalue weighted by atomic mass is 35.5. The van der Waals surface area contributed by atoms with Crippen LogP contribution in [-0.2, 0) is 0 Å². The Kier molecular flexibility index (Phi) is 5.65. The van der Waals surface area contributed by atoms with Crippen molar-refractivity contribution in [2.75, 3.05) is 16.8 Å². The summed E-state index contributed by atoms with van der Waals surface area (Å²) in [4.78, 5) is 10.8. The highest BCUT2D eigenvalue weighted by Crippen LogP contribution is 2.21. The first kappa shape index (κ1) is 14.2. The number of hydrogen-bond acceptors (Lipinski definition) is 3. The van der Waals surface area contributed by atoms with Gasteiger partial charge in [0.1, 0.15) is 0 Å². The van der Waals surface area contributed by atoms with Crippen LogP contribution in [0.25, 0.3) is 0 Å². The third-order valence-corrected chi connectivity index (χ3v) is 3.64. The Bertz CT molecular complexity index is 398. The smallest absolute Gasteiger partial charge is 0.337 e. The minimum atomic E-state index is -1.00. The molecular formula is C12H16ClNO2S. The van der Waals surface area contributed by atoms with Crippen LogP contribution < -0.4 is 5.32 Å². The summed E-state index contributed by atoms with van der Waals surface area (Å²) in [6.07, 6.45) is 0. The van der Waals surface area contributed by atoms with Gasteiger partial charge in [-0.15, -0.1) is 0 Å². The topological polar surface area (TPSA) is 49.3 Å². The van der Waals surface area contributed by atoms with E-state index in [-0.39, 0.29) is 10.6 Å². The van der Waals surface area contributed by atoms with E-state index in [1.54, 1.807) is 12.1 Å². The van der Waals surface area contributed by atoms with Crippen LogP contribution in [0.4, 0.5) is 5.69 Å². The van der Waals surface area contributed by atoms with E-state index in [9.17, 15) is 4.79 Å². The first-order valence-electron chi connectivity index (χ1n) is 5.41. The van der Waals surface area contributed by atoms with E-state index in [0.717, 1.165) is 17.2 Å². The van der Waals surface area contributed by atoms with Crippen molar-refractivity contribution < 1.29 is 9.90 Å². The second-order valence-electron chi connectivity index (χ2n) is 3.70. The number of carboxylic acids is 1. The number of rotatable bonds is 6. The summed E-state index contributed by atoms with van der Waals surface area (Å²) in [6.45, 7) is 4.21. The lowest BCUT2D eigenvalue weighted by Gasteiger charge is -2.15. The minimum Gasteiger partial charge on any atom is -0.478 e. The third kappa shape index (κ3) is 4.48. The van der Waals surface area contributed by atoms with Gasteiger partial charge in [0.2, 0.25) is 0 Å². The zero-order valence-corrected chi connectivity index (χ0v) is 11.4. The van der Waals surface area contributed by atoms with E-state index in [1.807, 2.05) is 11.8 Å². The number of aromatic carboxylic acids is 1. The summed E-state index contributed by atoms with van der Waals surface area (Å²) in [7, 11) is 0. The highest BCUT2D eigenvalue weighted by molar-refractivity contribution is 7.99. The fourth-order valence-electron chi connectivity index (χ4n) is 1.40. The molecule has 3 nitrogen and oxygen atoms in total. The maximum Gasteiger partial charge on any atom is 0.337 e. The molecule has 17 heavy (non-hydrogen) atoms. The lowest BCUT2D eigenvalue weighted by Crippen LogP contribution is -2.18. The molecule has 0 aliphatic carbocycles. The van der Waals surface area contributed by atoms with Gasteiger partial charge in [-0.3, -0.25) is 0 Å². The average molecular weight is 274 g/mol. The maximum absolute atomic E-state index is 10.8. The van der Waals surface area contributed by atoms with Gasteiger partial charge in [-0.2, -0.15) is 11.8 Å². The van der Waals surface area contributed by atoms with Crippen molar-refractivity contribution in [2.24, 2.45) is 0 Å². The molecule has 1 atom stereocenters. The summed E-state index contributed by atoms with van der Waals surface area (Å²) in [5.74, 6) is 1.09. The van der Waals surface area contributed by atoms with Crippen molar-refractivity contribution in [1.29, 1.82) is 0 Å². The second kappa shape index (κ2) is 6.77. The average Bonchev–Trinajstić information content (AvgIpc) is 2.26. The van der Waals surface area contributed by atoms with Crippen LogP contribution in [0.1, 0.15) is 24.2 Å². The Morgan fingerprint density at radius 3 is 2.82 bits per heavy atom. The van der Waals surface area contributed by atoms with Gasteiger partial charge in [-0.25, -0.2) is 4.79 Å².